The average Bonchev–Trinajstić information content (AvgIpc) is 2.67. The Hall–Kier alpha value is -2.24. The number of rotatable bonds is 7. The normalized spacial score (nSPS) is 12.2. The third-order valence-corrected chi connectivity index (χ3v) is 5.00. The van der Waals surface area contributed by atoms with Gasteiger partial charge in [0.25, 0.3) is 0 Å². The fourth-order valence-electron chi connectivity index (χ4n) is 2.81. The molecule has 0 heterocycles. The van der Waals surface area contributed by atoms with Crippen molar-refractivity contribution in [2.24, 2.45) is 0 Å². The lowest BCUT2D eigenvalue weighted by molar-refractivity contribution is -0.123. The van der Waals surface area contributed by atoms with Gasteiger partial charge in [-0.3, -0.25) is 4.79 Å². The zero-order valence-corrected chi connectivity index (χ0v) is 19.2. The minimum Gasteiger partial charge on any atom is -0.444 e. The van der Waals surface area contributed by atoms with Crippen molar-refractivity contribution in [1.29, 1.82) is 0 Å². The number of ether oxygens (including phenoxy) is 1. The minimum atomic E-state index is -0.639. The van der Waals surface area contributed by atoms with Gasteiger partial charge in [0.05, 0.1) is 10.0 Å². The van der Waals surface area contributed by atoms with Crippen LogP contribution in [0.5, 0.6) is 0 Å². The molecule has 1 atom stereocenters. The summed E-state index contributed by atoms with van der Waals surface area (Å²) in [6.45, 7) is 7.66. The third kappa shape index (κ3) is 7.54. The largest absolute Gasteiger partial charge is 0.444 e. The van der Waals surface area contributed by atoms with Crippen molar-refractivity contribution in [3.8, 4) is 11.1 Å². The highest BCUT2D eigenvalue weighted by atomic mass is 35.5. The van der Waals surface area contributed by atoms with Crippen molar-refractivity contribution >= 4 is 35.2 Å². The van der Waals surface area contributed by atoms with Crippen LogP contribution in [0, 0.1) is 0 Å². The Morgan fingerprint density at radius 1 is 1.00 bits per heavy atom. The first-order valence-electron chi connectivity index (χ1n) is 9.90. The molecule has 0 saturated heterocycles. The van der Waals surface area contributed by atoms with Gasteiger partial charge in [0, 0.05) is 6.54 Å². The predicted molar refractivity (Wildman–Crippen MR) is 122 cm³/mol. The van der Waals surface area contributed by atoms with Gasteiger partial charge in [-0.05, 0) is 56.0 Å². The zero-order chi connectivity index (χ0) is 22.3. The summed E-state index contributed by atoms with van der Waals surface area (Å²) in [5.74, 6) is -0.240. The second kappa shape index (κ2) is 10.7. The standard InChI is InChI=1S/C23H28Cl2N2O3/c1-5-6-20(27-22(29)30-23(2,3)4)21(28)26-14-15-7-9-16(10-8-15)17-11-12-18(24)19(25)13-17/h7-13,20H,5-6,14H2,1-4H3,(H,26,28)(H,27,29)/t20-/m0/s1. The summed E-state index contributed by atoms with van der Waals surface area (Å²) in [4.78, 5) is 24.6. The van der Waals surface area contributed by atoms with Crippen LogP contribution in [-0.4, -0.2) is 23.6 Å². The first-order chi connectivity index (χ1) is 14.1. The van der Waals surface area contributed by atoms with Crippen molar-refractivity contribution < 1.29 is 14.3 Å². The minimum absolute atomic E-state index is 0.240. The van der Waals surface area contributed by atoms with Crippen molar-refractivity contribution in [3.63, 3.8) is 0 Å². The van der Waals surface area contributed by atoms with Gasteiger partial charge in [-0.1, -0.05) is 66.9 Å². The summed E-state index contributed by atoms with van der Waals surface area (Å²) < 4.78 is 5.25. The predicted octanol–water partition coefficient (Wildman–Crippen LogP) is 5.97. The van der Waals surface area contributed by atoms with E-state index >= 15 is 0 Å². The second-order valence-corrected chi connectivity index (χ2v) is 8.85. The summed E-state index contributed by atoms with van der Waals surface area (Å²) in [7, 11) is 0. The van der Waals surface area contributed by atoms with Crippen LogP contribution >= 0.6 is 23.2 Å². The van der Waals surface area contributed by atoms with Crippen LogP contribution in [0.4, 0.5) is 4.79 Å². The molecule has 0 unspecified atom stereocenters. The monoisotopic (exact) mass is 450 g/mol. The molecule has 0 aliphatic rings. The summed E-state index contributed by atoms with van der Waals surface area (Å²) in [6, 6.07) is 12.6. The van der Waals surface area contributed by atoms with Gasteiger partial charge in [0.15, 0.2) is 0 Å². The molecule has 7 heteroatoms. The van der Waals surface area contributed by atoms with E-state index in [1.165, 1.54) is 0 Å². The summed E-state index contributed by atoms with van der Waals surface area (Å²) in [6.07, 6.45) is 0.690. The number of hydrogen-bond donors (Lipinski definition) is 2. The number of halogens is 2. The molecule has 0 aliphatic carbocycles. The molecule has 0 aliphatic heterocycles. The van der Waals surface area contributed by atoms with E-state index in [4.69, 9.17) is 27.9 Å². The molecule has 0 fully saturated rings. The SMILES string of the molecule is CCC[C@H](NC(=O)OC(C)(C)C)C(=O)NCc1ccc(-c2ccc(Cl)c(Cl)c2)cc1. The Labute approximate surface area is 188 Å². The number of hydrogen-bond acceptors (Lipinski definition) is 3. The molecular weight excluding hydrogens is 423 g/mol. The lowest BCUT2D eigenvalue weighted by atomic mass is 10.0. The maximum absolute atomic E-state index is 12.6. The van der Waals surface area contributed by atoms with Gasteiger partial charge in [0.2, 0.25) is 5.91 Å². The van der Waals surface area contributed by atoms with Gasteiger partial charge in [-0.15, -0.1) is 0 Å². The number of amides is 2. The summed E-state index contributed by atoms with van der Waals surface area (Å²) in [5.41, 5.74) is 2.29. The Bertz CT molecular complexity index is 877. The molecule has 0 spiro atoms. The first-order valence-corrected chi connectivity index (χ1v) is 10.7. The average molecular weight is 451 g/mol. The second-order valence-electron chi connectivity index (χ2n) is 8.03. The van der Waals surface area contributed by atoms with Crippen molar-refractivity contribution in [2.45, 2.75) is 58.7 Å². The van der Waals surface area contributed by atoms with E-state index in [0.29, 0.717) is 23.0 Å². The highest BCUT2D eigenvalue weighted by Crippen LogP contribution is 2.28. The maximum Gasteiger partial charge on any atom is 0.408 e. The van der Waals surface area contributed by atoms with Crippen LogP contribution in [0.15, 0.2) is 42.5 Å². The zero-order valence-electron chi connectivity index (χ0n) is 17.7. The van der Waals surface area contributed by atoms with E-state index in [0.717, 1.165) is 23.1 Å². The van der Waals surface area contributed by atoms with Gasteiger partial charge in [0.1, 0.15) is 11.6 Å². The van der Waals surface area contributed by atoms with Crippen LogP contribution in [0.3, 0.4) is 0 Å². The molecule has 2 amide bonds. The molecule has 0 radical (unpaired) electrons. The molecule has 2 aromatic carbocycles. The number of carbonyl (C=O) groups excluding carboxylic acids is 2. The van der Waals surface area contributed by atoms with Gasteiger partial charge in [-0.2, -0.15) is 0 Å². The molecular formula is C23H28Cl2N2O3. The molecule has 5 nitrogen and oxygen atoms in total. The molecule has 2 rings (SSSR count). The highest BCUT2D eigenvalue weighted by Gasteiger charge is 2.23. The van der Waals surface area contributed by atoms with E-state index < -0.39 is 17.7 Å². The molecule has 2 aromatic rings. The van der Waals surface area contributed by atoms with Crippen LogP contribution in [-0.2, 0) is 16.1 Å². The number of benzene rings is 2. The van der Waals surface area contributed by atoms with E-state index in [2.05, 4.69) is 10.6 Å². The Morgan fingerprint density at radius 3 is 2.20 bits per heavy atom. The molecule has 162 valence electrons. The van der Waals surface area contributed by atoms with Crippen molar-refractivity contribution in [3.05, 3.63) is 58.1 Å². The van der Waals surface area contributed by atoms with Crippen LogP contribution in [0.25, 0.3) is 11.1 Å². The summed E-state index contributed by atoms with van der Waals surface area (Å²) >= 11 is 12.1. The third-order valence-electron chi connectivity index (χ3n) is 4.26. The number of alkyl carbamates (subject to hydrolysis) is 1. The van der Waals surface area contributed by atoms with Crippen LogP contribution in [0.1, 0.15) is 46.1 Å². The molecule has 0 bridgehead atoms. The molecule has 2 N–H and O–H groups in total. The molecule has 0 saturated carbocycles. The van der Waals surface area contributed by atoms with Crippen molar-refractivity contribution in [1.82, 2.24) is 10.6 Å². The quantitative estimate of drug-likeness (QED) is 0.545. The first kappa shape index (κ1) is 24.0. The molecule has 30 heavy (non-hydrogen) atoms. The topological polar surface area (TPSA) is 67.4 Å². The van der Waals surface area contributed by atoms with Crippen LogP contribution in [0.2, 0.25) is 10.0 Å². The lowest BCUT2D eigenvalue weighted by Crippen LogP contribution is -2.47. The van der Waals surface area contributed by atoms with E-state index in [1.54, 1.807) is 26.8 Å². The molecule has 0 aromatic heterocycles. The Morgan fingerprint density at radius 2 is 1.63 bits per heavy atom. The van der Waals surface area contributed by atoms with Gasteiger partial charge >= 0.3 is 6.09 Å². The van der Waals surface area contributed by atoms with Gasteiger partial charge < -0.3 is 15.4 Å². The fourth-order valence-corrected chi connectivity index (χ4v) is 3.11. The van der Waals surface area contributed by atoms with E-state index in [1.807, 2.05) is 43.3 Å². The highest BCUT2D eigenvalue weighted by molar-refractivity contribution is 6.42. The maximum atomic E-state index is 12.6. The van der Waals surface area contributed by atoms with E-state index in [-0.39, 0.29) is 5.91 Å². The smallest absolute Gasteiger partial charge is 0.408 e. The fraction of sp³-hybridized carbons (Fsp3) is 0.391. The summed E-state index contributed by atoms with van der Waals surface area (Å²) in [5, 5.41) is 6.55. The van der Waals surface area contributed by atoms with Crippen LogP contribution < -0.4 is 10.6 Å². The van der Waals surface area contributed by atoms with E-state index in [9.17, 15) is 9.59 Å². The lowest BCUT2D eigenvalue weighted by Gasteiger charge is -2.23. The van der Waals surface area contributed by atoms with Crippen molar-refractivity contribution in [2.75, 3.05) is 0 Å². The number of carbonyl (C=O) groups is 2. The Balaban J connectivity index is 1.96. The number of nitrogens with one attached hydrogen (secondary N) is 2. The Kier molecular flexibility index (Phi) is 8.56. The van der Waals surface area contributed by atoms with Gasteiger partial charge in [-0.25, -0.2) is 4.79 Å².